The highest BCUT2D eigenvalue weighted by molar-refractivity contribution is 9.10. The van der Waals surface area contributed by atoms with E-state index in [4.69, 9.17) is 5.73 Å². The Morgan fingerprint density at radius 3 is 2.64 bits per heavy atom. The Kier molecular flexibility index (Phi) is 3.29. The Balaban J connectivity index is 3.33. The van der Waals surface area contributed by atoms with Crippen molar-refractivity contribution in [3.8, 4) is 5.75 Å². The van der Waals surface area contributed by atoms with E-state index in [1.54, 1.807) is 26.0 Å². The molecule has 3 N–H and O–H groups in total. The van der Waals surface area contributed by atoms with Crippen molar-refractivity contribution in [2.75, 3.05) is 0 Å². The molecule has 0 amide bonds. The minimum atomic E-state index is -0.612. The average molecular weight is 258 g/mol. The lowest BCUT2D eigenvalue weighted by Gasteiger charge is -2.10. The molecule has 76 valence electrons. The van der Waals surface area contributed by atoms with Gasteiger partial charge in [-0.1, -0.05) is 6.07 Å². The van der Waals surface area contributed by atoms with Gasteiger partial charge in [0, 0.05) is 4.47 Å². The van der Waals surface area contributed by atoms with Crippen molar-refractivity contribution in [2.24, 2.45) is 5.73 Å². The number of halogens is 1. The van der Waals surface area contributed by atoms with E-state index >= 15 is 0 Å². The van der Waals surface area contributed by atoms with Crippen molar-refractivity contribution in [2.45, 2.75) is 19.9 Å². The Morgan fingerprint density at radius 2 is 2.14 bits per heavy atom. The Morgan fingerprint density at radius 1 is 1.57 bits per heavy atom. The van der Waals surface area contributed by atoms with E-state index in [-0.39, 0.29) is 17.1 Å². The van der Waals surface area contributed by atoms with Crippen LogP contribution in [0.3, 0.4) is 0 Å². The van der Waals surface area contributed by atoms with E-state index in [9.17, 15) is 9.90 Å². The molecule has 0 spiro atoms. The molecule has 0 aliphatic carbocycles. The molecular weight excluding hydrogens is 246 g/mol. The summed E-state index contributed by atoms with van der Waals surface area (Å²) in [6, 6.07) is 2.85. The molecule has 4 heteroatoms. The third-order valence-corrected chi connectivity index (χ3v) is 2.65. The van der Waals surface area contributed by atoms with Gasteiger partial charge in [-0.25, -0.2) is 0 Å². The van der Waals surface area contributed by atoms with Gasteiger partial charge in [0.25, 0.3) is 0 Å². The topological polar surface area (TPSA) is 63.3 Å². The second kappa shape index (κ2) is 4.11. The van der Waals surface area contributed by atoms with E-state index in [1.807, 2.05) is 0 Å². The summed E-state index contributed by atoms with van der Waals surface area (Å²) < 4.78 is 0.572. The lowest BCUT2D eigenvalue weighted by atomic mass is 10.0. The zero-order valence-electron chi connectivity index (χ0n) is 8.04. The van der Waals surface area contributed by atoms with Crippen LogP contribution < -0.4 is 5.73 Å². The number of carbonyl (C=O) groups excluding carboxylic acids is 1. The second-order valence-electron chi connectivity index (χ2n) is 3.24. The predicted octanol–water partition coefficient (Wildman–Crippen LogP) is 1.99. The van der Waals surface area contributed by atoms with E-state index in [2.05, 4.69) is 15.9 Å². The molecule has 0 aliphatic rings. The maximum Gasteiger partial charge on any atom is 0.184 e. The number of phenolic OH excluding ortho intramolecular Hbond substituents is 1. The van der Waals surface area contributed by atoms with Gasteiger partial charge in [-0.2, -0.15) is 0 Å². The summed E-state index contributed by atoms with van der Waals surface area (Å²) in [5.74, 6) is -0.264. The highest BCUT2D eigenvalue weighted by atomic mass is 79.9. The van der Waals surface area contributed by atoms with Crippen molar-refractivity contribution in [3.63, 3.8) is 0 Å². The van der Waals surface area contributed by atoms with Crippen molar-refractivity contribution in [1.29, 1.82) is 0 Å². The van der Waals surface area contributed by atoms with Crippen LogP contribution in [0.2, 0.25) is 0 Å². The predicted molar refractivity (Wildman–Crippen MR) is 58.5 cm³/mol. The summed E-state index contributed by atoms with van der Waals surface area (Å²) in [6.07, 6.45) is 0. The number of ketones is 1. The van der Waals surface area contributed by atoms with E-state index in [0.29, 0.717) is 10.0 Å². The molecule has 3 nitrogen and oxygen atoms in total. The number of hydrogen-bond acceptors (Lipinski definition) is 3. The van der Waals surface area contributed by atoms with Gasteiger partial charge in [0.05, 0.1) is 11.6 Å². The molecule has 1 unspecified atom stereocenters. The summed E-state index contributed by atoms with van der Waals surface area (Å²) in [4.78, 5) is 11.6. The molecule has 0 aliphatic heterocycles. The van der Waals surface area contributed by atoms with Gasteiger partial charge in [-0.3, -0.25) is 4.79 Å². The molecule has 0 saturated heterocycles. The summed E-state index contributed by atoms with van der Waals surface area (Å²) in [5.41, 5.74) is 6.40. The molecule has 0 fully saturated rings. The van der Waals surface area contributed by atoms with Crippen LogP contribution in [-0.4, -0.2) is 16.9 Å². The normalized spacial score (nSPS) is 12.6. The number of phenols is 1. The fourth-order valence-electron chi connectivity index (χ4n) is 1.13. The van der Waals surface area contributed by atoms with Crippen molar-refractivity contribution >= 4 is 21.7 Å². The zero-order valence-corrected chi connectivity index (χ0v) is 9.63. The van der Waals surface area contributed by atoms with Crippen LogP contribution in [0, 0.1) is 6.92 Å². The molecule has 1 aromatic rings. The van der Waals surface area contributed by atoms with Gasteiger partial charge in [-0.15, -0.1) is 0 Å². The van der Waals surface area contributed by atoms with Crippen molar-refractivity contribution in [3.05, 3.63) is 27.7 Å². The molecular formula is C10H12BrNO2. The number of nitrogens with two attached hydrogens (primary N) is 1. The average Bonchev–Trinajstić information content (AvgIpc) is 2.12. The number of aromatic hydroxyl groups is 1. The van der Waals surface area contributed by atoms with Gasteiger partial charge >= 0.3 is 0 Å². The van der Waals surface area contributed by atoms with E-state index in [1.165, 1.54) is 0 Å². The smallest absolute Gasteiger partial charge is 0.184 e. The quantitative estimate of drug-likeness (QED) is 0.797. The zero-order chi connectivity index (χ0) is 10.9. The second-order valence-corrected chi connectivity index (χ2v) is 4.10. The monoisotopic (exact) mass is 257 g/mol. The Labute approximate surface area is 91.1 Å². The van der Waals surface area contributed by atoms with Gasteiger partial charge in [0.15, 0.2) is 5.78 Å². The molecule has 1 atom stereocenters. The summed E-state index contributed by atoms with van der Waals surface area (Å²) in [6.45, 7) is 3.33. The molecule has 0 heterocycles. The molecule has 1 rings (SSSR count). The summed E-state index contributed by atoms with van der Waals surface area (Å²) in [7, 11) is 0. The Hall–Kier alpha value is -0.870. The standard InChI is InChI=1S/C10H12BrNO2/c1-5-3-4-7(11)8(9(5)13)10(14)6(2)12/h3-4,6,13H,12H2,1-2H3. The number of rotatable bonds is 2. The number of Topliss-reactive ketones (excluding diaryl/α,β-unsaturated/α-hetero) is 1. The molecule has 0 aromatic heterocycles. The summed E-state index contributed by atoms with van der Waals surface area (Å²) >= 11 is 3.21. The highest BCUT2D eigenvalue weighted by Crippen LogP contribution is 2.30. The van der Waals surface area contributed by atoms with Crippen molar-refractivity contribution in [1.82, 2.24) is 0 Å². The van der Waals surface area contributed by atoms with Crippen LogP contribution >= 0.6 is 15.9 Å². The first-order valence-electron chi connectivity index (χ1n) is 4.23. The van der Waals surface area contributed by atoms with Crippen LogP contribution in [-0.2, 0) is 0 Å². The number of hydrogen-bond donors (Lipinski definition) is 2. The van der Waals surface area contributed by atoms with Gasteiger partial charge < -0.3 is 10.8 Å². The molecule has 0 radical (unpaired) electrons. The molecule has 14 heavy (non-hydrogen) atoms. The lowest BCUT2D eigenvalue weighted by molar-refractivity contribution is 0.0964. The van der Waals surface area contributed by atoms with Crippen LogP contribution in [0.5, 0.6) is 5.75 Å². The van der Waals surface area contributed by atoms with Crippen LogP contribution in [0.4, 0.5) is 0 Å². The minimum absolute atomic E-state index is 0.00155. The molecule has 1 aromatic carbocycles. The van der Waals surface area contributed by atoms with Gasteiger partial charge in [-0.05, 0) is 41.4 Å². The fraction of sp³-hybridized carbons (Fsp3) is 0.300. The van der Waals surface area contributed by atoms with Crippen LogP contribution in [0.15, 0.2) is 16.6 Å². The highest BCUT2D eigenvalue weighted by Gasteiger charge is 2.19. The lowest BCUT2D eigenvalue weighted by Crippen LogP contribution is -2.27. The molecule has 0 saturated carbocycles. The SMILES string of the molecule is Cc1ccc(Br)c(C(=O)C(C)N)c1O. The van der Waals surface area contributed by atoms with Crippen LogP contribution in [0.1, 0.15) is 22.8 Å². The fourth-order valence-corrected chi connectivity index (χ4v) is 1.65. The van der Waals surface area contributed by atoms with E-state index < -0.39 is 6.04 Å². The number of carbonyl (C=O) groups is 1. The number of aryl methyl sites for hydroxylation is 1. The van der Waals surface area contributed by atoms with Gasteiger partial charge in [0.2, 0.25) is 0 Å². The maximum atomic E-state index is 11.6. The largest absolute Gasteiger partial charge is 0.507 e. The van der Waals surface area contributed by atoms with Gasteiger partial charge in [0.1, 0.15) is 5.75 Å². The maximum absolute atomic E-state index is 11.6. The Bertz CT molecular complexity index is 375. The van der Waals surface area contributed by atoms with E-state index in [0.717, 1.165) is 0 Å². The first kappa shape index (κ1) is 11.2. The first-order valence-corrected chi connectivity index (χ1v) is 5.02. The first-order chi connectivity index (χ1) is 6.45. The minimum Gasteiger partial charge on any atom is -0.507 e. The van der Waals surface area contributed by atoms with Crippen LogP contribution in [0.25, 0.3) is 0 Å². The third kappa shape index (κ3) is 1.96. The molecule has 0 bridgehead atoms. The third-order valence-electron chi connectivity index (χ3n) is 1.99. The summed E-state index contributed by atoms with van der Waals surface area (Å²) in [5, 5.41) is 9.69. The van der Waals surface area contributed by atoms with Crippen molar-refractivity contribution < 1.29 is 9.90 Å². The number of benzene rings is 1.